The summed E-state index contributed by atoms with van der Waals surface area (Å²) in [6.45, 7) is 0. The average molecular weight is 221 g/mol. The Morgan fingerprint density at radius 2 is 1.94 bits per heavy atom. The Morgan fingerprint density at radius 3 is 2.44 bits per heavy atom. The van der Waals surface area contributed by atoms with Crippen LogP contribution in [0.1, 0.15) is 12.0 Å². The van der Waals surface area contributed by atoms with Gasteiger partial charge in [-0.1, -0.05) is 30.3 Å². The summed E-state index contributed by atoms with van der Waals surface area (Å²) in [6.07, 6.45) is 0.492. The largest absolute Gasteiger partial charge is 0.469 e. The third kappa shape index (κ3) is 3.73. The number of hydrogen-bond donors (Lipinski definition) is 1. The molecule has 0 aliphatic carbocycles. The molecule has 0 aromatic heterocycles. The number of nitrogens with two attached hydrogens (primary N) is 1. The number of carbonyl (C=O) groups is 2. The fourth-order valence-electron chi connectivity index (χ4n) is 1.46. The highest BCUT2D eigenvalue weighted by Gasteiger charge is 2.20. The highest BCUT2D eigenvalue weighted by Crippen LogP contribution is 2.12. The van der Waals surface area contributed by atoms with Crippen LogP contribution in [0.5, 0.6) is 0 Å². The predicted octanol–water partition coefficient (Wildman–Crippen LogP) is 0.894. The zero-order valence-corrected chi connectivity index (χ0v) is 9.18. The van der Waals surface area contributed by atoms with E-state index in [1.807, 2.05) is 30.3 Å². The van der Waals surface area contributed by atoms with Crippen LogP contribution in [0, 0.1) is 5.92 Å². The van der Waals surface area contributed by atoms with Crippen molar-refractivity contribution in [3.05, 3.63) is 35.9 Å². The van der Waals surface area contributed by atoms with Gasteiger partial charge in [0.25, 0.3) is 0 Å². The van der Waals surface area contributed by atoms with Crippen molar-refractivity contribution in [2.45, 2.75) is 12.8 Å². The molecule has 1 amide bonds. The lowest BCUT2D eigenvalue weighted by molar-refractivity contribution is -0.143. The highest BCUT2D eigenvalue weighted by atomic mass is 16.5. The first-order chi connectivity index (χ1) is 7.63. The minimum Gasteiger partial charge on any atom is -0.469 e. The van der Waals surface area contributed by atoms with Crippen molar-refractivity contribution >= 4 is 11.9 Å². The van der Waals surface area contributed by atoms with E-state index in [2.05, 4.69) is 4.74 Å². The molecular formula is C12H15NO3. The zero-order valence-electron chi connectivity index (χ0n) is 9.18. The number of amides is 1. The summed E-state index contributed by atoms with van der Waals surface area (Å²) in [7, 11) is 1.29. The molecule has 1 rings (SSSR count). The first-order valence-electron chi connectivity index (χ1n) is 5.03. The van der Waals surface area contributed by atoms with Crippen LogP contribution in [0.2, 0.25) is 0 Å². The van der Waals surface area contributed by atoms with Gasteiger partial charge >= 0.3 is 5.97 Å². The standard InChI is InChI=1S/C12H15NO3/c1-16-11(14)8-10(12(13)15)7-9-5-3-2-4-6-9/h2-6,10H,7-8H2,1H3,(H2,13,15)/t10-/m1/s1. The summed E-state index contributed by atoms with van der Waals surface area (Å²) >= 11 is 0. The van der Waals surface area contributed by atoms with Gasteiger partial charge in [-0.05, 0) is 12.0 Å². The molecule has 1 atom stereocenters. The third-order valence-corrected chi connectivity index (χ3v) is 2.37. The molecule has 4 nitrogen and oxygen atoms in total. The van der Waals surface area contributed by atoms with Crippen LogP contribution >= 0.6 is 0 Å². The van der Waals surface area contributed by atoms with Crippen LogP contribution < -0.4 is 5.73 Å². The number of ether oxygens (including phenoxy) is 1. The van der Waals surface area contributed by atoms with Crippen LogP contribution in [0.15, 0.2) is 30.3 Å². The summed E-state index contributed by atoms with van der Waals surface area (Å²) in [4.78, 5) is 22.3. The van der Waals surface area contributed by atoms with E-state index in [9.17, 15) is 9.59 Å². The Morgan fingerprint density at radius 1 is 1.31 bits per heavy atom. The quantitative estimate of drug-likeness (QED) is 0.751. The lowest BCUT2D eigenvalue weighted by Crippen LogP contribution is -2.27. The molecule has 0 radical (unpaired) electrons. The van der Waals surface area contributed by atoms with Gasteiger partial charge in [0.15, 0.2) is 0 Å². The zero-order chi connectivity index (χ0) is 12.0. The first-order valence-corrected chi connectivity index (χ1v) is 5.03. The monoisotopic (exact) mass is 221 g/mol. The maximum Gasteiger partial charge on any atom is 0.306 e. The molecule has 0 aliphatic rings. The first kappa shape index (κ1) is 12.2. The molecule has 16 heavy (non-hydrogen) atoms. The van der Waals surface area contributed by atoms with Gasteiger partial charge in [0.1, 0.15) is 0 Å². The number of primary amides is 1. The summed E-state index contributed by atoms with van der Waals surface area (Å²) in [5.74, 6) is -1.40. The molecule has 0 heterocycles. The summed E-state index contributed by atoms with van der Waals surface area (Å²) in [5, 5.41) is 0. The molecule has 4 heteroatoms. The lowest BCUT2D eigenvalue weighted by atomic mass is 9.96. The smallest absolute Gasteiger partial charge is 0.306 e. The molecule has 0 saturated carbocycles. The van der Waals surface area contributed by atoms with Crippen LogP contribution in [-0.2, 0) is 20.7 Å². The Labute approximate surface area is 94.4 Å². The van der Waals surface area contributed by atoms with E-state index in [1.165, 1.54) is 7.11 Å². The van der Waals surface area contributed by atoms with Gasteiger partial charge < -0.3 is 10.5 Å². The van der Waals surface area contributed by atoms with Gasteiger partial charge in [-0.15, -0.1) is 0 Å². The van der Waals surface area contributed by atoms with Crippen molar-refractivity contribution < 1.29 is 14.3 Å². The molecular weight excluding hydrogens is 206 g/mol. The Kier molecular flexibility index (Phi) is 4.51. The van der Waals surface area contributed by atoms with Gasteiger partial charge in [-0.25, -0.2) is 0 Å². The molecule has 0 saturated heterocycles. The normalized spacial score (nSPS) is 11.8. The maximum absolute atomic E-state index is 11.2. The molecule has 0 aliphatic heterocycles. The molecule has 86 valence electrons. The van der Waals surface area contributed by atoms with Gasteiger partial charge in [0.05, 0.1) is 19.4 Å². The third-order valence-electron chi connectivity index (χ3n) is 2.37. The van der Waals surface area contributed by atoms with Crippen molar-refractivity contribution in [1.82, 2.24) is 0 Å². The second-order valence-corrected chi connectivity index (χ2v) is 3.57. The fourth-order valence-corrected chi connectivity index (χ4v) is 1.46. The minimum absolute atomic E-state index is 0.0285. The van der Waals surface area contributed by atoms with Crippen molar-refractivity contribution in [2.24, 2.45) is 11.7 Å². The fraction of sp³-hybridized carbons (Fsp3) is 0.333. The predicted molar refractivity (Wildman–Crippen MR) is 59.5 cm³/mol. The topological polar surface area (TPSA) is 69.4 Å². The van der Waals surface area contributed by atoms with E-state index >= 15 is 0 Å². The summed E-state index contributed by atoms with van der Waals surface area (Å²) < 4.78 is 4.52. The molecule has 0 unspecified atom stereocenters. The van der Waals surface area contributed by atoms with E-state index in [4.69, 9.17) is 5.73 Å². The summed E-state index contributed by atoms with van der Waals surface area (Å²) in [6, 6.07) is 9.45. The average Bonchev–Trinajstić information content (AvgIpc) is 2.29. The summed E-state index contributed by atoms with van der Waals surface area (Å²) in [5.41, 5.74) is 6.22. The number of benzene rings is 1. The molecule has 2 N–H and O–H groups in total. The molecule has 0 fully saturated rings. The second kappa shape index (κ2) is 5.90. The molecule has 0 bridgehead atoms. The minimum atomic E-state index is -0.505. The van der Waals surface area contributed by atoms with Gasteiger partial charge in [-0.2, -0.15) is 0 Å². The van der Waals surface area contributed by atoms with E-state index in [0.717, 1.165) is 5.56 Å². The van der Waals surface area contributed by atoms with E-state index in [1.54, 1.807) is 0 Å². The number of methoxy groups -OCH3 is 1. The van der Waals surface area contributed by atoms with Gasteiger partial charge in [0.2, 0.25) is 5.91 Å². The van der Waals surface area contributed by atoms with Gasteiger partial charge in [-0.3, -0.25) is 9.59 Å². The van der Waals surface area contributed by atoms with Crippen molar-refractivity contribution in [3.63, 3.8) is 0 Å². The number of rotatable bonds is 5. The maximum atomic E-state index is 11.2. The highest BCUT2D eigenvalue weighted by molar-refractivity contribution is 5.82. The van der Waals surface area contributed by atoms with E-state index in [-0.39, 0.29) is 6.42 Å². The Balaban J connectivity index is 2.65. The lowest BCUT2D eigenvalue weighted by Gasteiger charge is -2.11. The Hall–Kier alpha value is -1.84. The van der Waals surface area contributed by atoms with Crippen LogP contribution in [0.25, 0.3) is 0 Å². The molecule has 1 aromatic rings. The molecule has 1 aromatic carbocycles. The second-order valence-electron chi connectivity index (χ2n) is 3.57. The van der Waals surface area contributed by atoms with Crippen molar-refractivity contribution in [3.8, 4) is 0 Å². The van der Waals surface area contributed by atoms with Crippen molar-refractivity contribution in [2.75, 3.05) is 7.11 Å². The number of esters is 1. The number of hydrogen-bond acceptors (Lipinski definition) is 3. The van der Waals surface area contributed by atoms with Crippen LogP contribution in [0.4, 0.5) is 0 Å². The SMILES string of the molecule is COC(=O)C[C@@H](Cc1ccccc1)C(N)=O. The molecule has 0 spiro atoms. The van der Waals surface area contributed by atoms with Crippen LogP contribution in [0.3, 0.4) is 0 Å². The van der Waals surface area contributed by atoms with Crippen molar-refractivity contribution in [1.29, 1.82) is 0 Å². The number of carbonyl (C=O) groups excluding carboxylic acids is 2. The Bertz CT molecular complexity index is 362. The van der Waals surface area contributed by atoms with E-state index in [0.29, 0.717) is 6.42 Å². The van der Waals surface area contributed by atoms with Gasteiger partial charge in [0, 0.05) is 0 Å². The van der Waals surface area contributed by atoms with E-state index < -0.39 is 17.8 Å². The van der Waals surface area contributed by atoms with Crippen LogP contribution in [-0.4, -0.2) is 19.0 Å².